The van der Waals surface area contributed by atoms with E-state index in [-0.39, 0.29) is 35.6 Å². The van der Waals surface area contributed by atoms with Crippen molar-refractivity contribution >= 4 is 17.7 Å². The predicted molar refractivity (Wildman–Crippen MR) is 154 cm³/mol. The molecule has 2 heterocycles. The number of aromatic nitrogens is 3. The first-order valence-electron chi connectivity index (χ1n) is 12.8. The number of nitrogens with one attached hydrogen (secondary N) is 2. The summed E-state index contributed by atoms with van der Waals surface area (Å²) >= 11 is 0. The average Bonchev–Trinajstić information content (AvgIpc) is 2.95. The predicted octanol–water partition coefficient (Wildman–Crippen LogP) is 4.38. The number of aryl methyl sites for hydroxylation is 1. The van der Waals surface area contributed by atoms with Crippen LogP contribution in [0.15, 0.2) is 70.3 Å². The number of halogens is 1. The van der Waals surface area contributed by atoms with E-state index in [1.807, 2.05) is 30.3 Å². The Labute approximate surface area is 235 Å². The quantitative estimate of drug-likeness (QED) is 0.169. The van der Waals surface area contributed by atoms with Crippen molar-refractivity contribution in [2.75, 3.05) is 12.4 Å². The number of methoxy groups -OCH3 is 1. The molecule has 9 nitrogen and oxygen atoms in total. The van der Waals surface area contributed by atoms with Crippen molar-refractivity contribution in [3.05, 3.63) is 127 Å². The van der Waals surface area contributed by atoms with Crippen molar-refractivity contribution in [3.8, 4) is 11.8 Å². The van der Waals surface area contributed by atoms with Gasteiger partial charge in [-0.1, -0.05) is 25.1 Å². The van der Waals surface area contributed by atoms with Crippen LogP contribution < -0.4 is 21.3 Å². The van der Waals surface area contributed by atoms with Crippen LogP contribution >= 0.6 is 0 Å². The Balaban J connectivity index is 1.72. The Kier molecular flexibility index (Phi) is 8.89. The molecule has 0 spiro atoms. The van der Waals surface area contributed by atoms with Crippen molar-refractivity contribution in [1.29, 1.82) is 5.26 Å². The monoisotopic (exact) mass is 553 g/mol. The minimum Gasteiger partial charge on any atom is -0.497 e. The van der Waals surface area contributed by atoms with E-state index in [1.54, 1.807) is 51.3 Å². The number of rotatable bonds is 10. The van der Waals surface area contributed by atoms with Crippen molar-refractivity contribution in [3.63, 3.8) is 0 Å². The minimum atomic E-state index is -0.794. The van der Waals surface area contributed by atoms with Crippen molar-refractivity contribution in [2.24, 2.45) is 0 Å². The van der Waals surface area contributed by atoms with Gasteiger partial charge in [-0.2, -0.15) is 9.65 Å². The van der Waals surface area contributed by atoms with Crippen LogP contribution in [0.3, 0.4) is 0 Å². The normalized spacial score (nSPS) is 10.9. The lowest BCUT2D eigenvalue weighted by atomic mass is 9.98. The van der Waals surface area contributed by atoms with Crippen molar-refractivity contribution in [1.82, 2.24) is 14.5 Å². The first kappa shape index (κ1) is 28.7. The molecule has 10 heteroatoms. The highest BCUT2D eigenvalue weighted by molar-refractivity contribution is 6.09. The molecule has 0 fully saturated rings. The van der Waals surface area contributed by atoms with Gasteiger partial charge in [0.1, 0.15) is 17.3 Å². The van der Waals surface area contributed by atoms with E-state index in [0.29, 0.717) is 23.4 Å². The Morgan fingerprint density at radius 3 is 2.59 bits per heavy atom. The molecule has 0 saturated heterocycles. The molecule has 0 atom stereocenters. The number of carbonyl (C=O) groups excluding carboxylic acids is 1. The van der Waals surface area contributed by atoms with E-state index in [4.69, 9.17) is 10.00 Å². The topological polar surface area (TPSA) is 130 Å². The number of allylic oxidation sites excluding steroid dienone is 1. The second-order valence-corrected chi connectivity index (χ2v) is 9.34. The summed E-state index contributed by atoms with van der Waals surface area (Å²) in [6.45, 7) is 3.68. The first-order valence-corrected chi connectivity index (χ1v) is 12.8. The summed E-state index contributed by atoms with van der Waals surface area (Å²) in [6, 6.07) is 17.1. The van der Waals surface area contributed by atoms with Gasteiger partial charge in [-0.05, 0) is 78.1 Å². The van der Waals surface area contributed by atoms with Crippen LogP contribution in [0.5, 0.6) is 5.75 Å². The maximum atomic E-state index is 14.6. The van der Waals surface area contributed by atoms with Gasteiger partial charge in [-0.3, -0.25) is 19.1 Å². The third-order valence-electron chi connectivity index (χ3n) is 6.40. The molecule has 0 unspecified atom stereocenters. The molecule has 0 amide bonds. The van der Waals surface area contributed by atoms with E-state index in [9.17, 15) is 18.8 Å². The van der Waals surface area contributed by atoms with E-state index in [2.05, 4.69) is 15.3 Å². The number of nitriles is 1. The number of aromatic amines is 1. The van der Waals surface area contributed by atoms with E-state index in [0.717, 1.165) is 15.7 Å². The van der Waals surface area contributed by atoms with Gasteiger partial charge in [0.05, 0.1) is 19.7 Å². The van der Waals surface area contributed by atoms with Crippen LogP contribution in [0.2, 0.25) is 0 Å². The molecule has 41 heavy (non-hydrogen) atoms. The summed E-state index contributed by atoms with van der Waals surface area (Å²) in [5, 5.41) is 12.0. The third kappa shape index (κ3) is 6.83. The standard InChI is InChI=1S/C31H28FN5O4/c1-4-25-28(29(38)23-13-19(2)12-21(14-23)6-5-11-33)37(31(40)36-30(25)39)18-22-15-26(32)35-27(16-22)34-17-20-7-9-24(41-3)10-8-20/h5-10,12-16H,4,17-18H2,1-3H3,(H,34,35)(H,36,39,40)/b6-5+. The molecule has 0 radical (unpaired) electrons. The molecule has 0 aliphatic heterocycles. The summed E-state index contributed by atoms with van der Waals surface area (Å²) in [5.74, 6) is -0.353. The summed E-state index contributed by atoms with van der Waals surface area (Å²) in [4.78, 5) is 45.8. The Bertz CT molecular complexity index is 1780. The Morgan fingerprint density at radius 1 is 1.15 bits per heavy atom. The second kappa shape index (κ2) is 12.7. The molecule has 208 valence electrons. The second-order valence-electron chi connectivity index (χ2n) is 9.34. The summed E-state index contributed by atoms with van der Waals surface area (Å²) in [7, 11) is 1.58. The average molecular weight is 554 g/mol. The Morgan fingerprint density at radius 2 is 1.90 bits per heavy atom. The summed E-state index contributed by atoms with van der Waals surface area (Å²) < 4.78 is 20.9. The molecule has 2 aromatic carbocycles. The van der Waals surface area contributed by atoms with Gasteiger partial charge in [0.25, 0.3) is 5.56 Å². The molecule has 0 aliphatic rings. The van der Waals surface area contributed by atoms with Crippen LogP contribution in [-0.4, -0.2) is 27.4 Å². The number of pyridine rings is 1. The number of hydrogen-bond acceptors (Lipinski definition) is 7. The molecule has 4 aromatic rings. The lowest BCUT2D eigenvalue weighted by Gasteiger charge is -2.16. The summed E-state index contributed by atoms with van der Waals surface area (Å²) in [6.07, 6.45) is 3.04. The van der Waals surface area contributed by atoms with Gasteiger partial charge in [0, 0.05) is 23.7 Å². The number of ether oxygens (including phenoxy) is 1. The highest BCUT2D eigenvalue weighted by atomic mass is 19.1. The maximum Gasteiger partial charge on any atom is 0.329 e. The van der Waals surface area contributed by atoms with Gasteiger partial charge < -0.3 is 10.1 Å². The van der Waals surface area contributed by atoms with E-state index in [1.165, 1.54) is 12.1 Å². The van der Waals surface area contributed by atoms with Crippen molar-refractivity contribution < 1.29 is 13.9 Å². The van der Waals surface area contributed by atoms with Crippen LogP contribution in [0.1, 0.15) is 50.8 Å². The molecule has 0 saturated carbocycles. The van der Waals surface area contributed by atoms with Crippen molar-refractivity contribution in [2.45, 2.75) is 33.4 Å². The maximum absolute atomic E-state index is 14.6. The van der Waals surface area contributed by atoms with Gasteiger partial charge in [-0.25, -0.2) is 9.78 Å². The largest absolute Gasteiger partial charge is 0.497 e. The molecule has 0 bridgehead atoms. The zero-order valence-electron chi connectivity index (χ0n) is 22.8. The molecular formula is C31H28FN5O4. The summed E-state index contributed by atoms with van der Waals surface area (Å²) in [5.41, 5.74) is 1.52. The highest BCUT2D eigenvalue weighted by Gasteiger charge is 2.23. The van der Waals surface area contributed by atoms with Gasteiger partial charge in [0.2, 0.25) is 11.7 Å². The number of nitrogens with zero attached hydrogens (tertiary/aromatic N) is 3. The zero-order chi connectivity index (χ0) is 29.5. The molecular weight excluding hydrogens is 525 g/mol. The number of hydrogen-bond donors (Lipinski definition) is 2. The number of benzene rings is 2. The SMILES string of the molecule is CCc1c(C(=O)c2cc(C)cc(/C=C/C#N)c2)n(Cc2cc(F)nc(NCc3ccc(OC)cc3)c2)c(=O)[nH]c1=O. The first-order chi connectivity index (χ1) is 19.7. The highest BCUT2D eigenvalue weighted by Crippen LogP contribution is 2.19. The minimum absolute atomic E-state index is 0.0768. The zero-order valence-corrected chi connectivity index (χ0v) is 22.8. The fraction of sp³-hybridized carbons (Fsp3) is 0.194. The van der Waals surface area contributed by atoms with E-state index < -0.39 is 23.0 Å². The smallest absolute Gasteiger partial charge is 0.329 e. The lowest BCUT2D eigenvalue weighted by Crippen LogP contribution is -2.37. The number of ketones is 1. The van der Waals surface area contributed by atoms with Crippen LogP contribution in [0.25, 0.3) is 6.08 Å². The molecule has 2 aromatic heterocycles. The lowest BCUT2D eigenvalue weighted by molar-refractivity contribution is 0.102. The molecule has 4 rings (SSSR count). The number of H-pyrrole nitrogens is 1. The fourth-order valence-corrected chi connectivity index (χ4v) is 4.51. The van der Waals surface area contributed by atoms with E-state index >= 15 is 0 Å². The van der Waals surface area contributed by atoms with Gasteiger partial charge >= 0.3 is 5.69 Å². The van der Waals surface area contributed by atoms with Gasteiger partial charge in [0.15, 0.2) is 0 Å². The number of anilines is 1. The van der Waals surface area contributed by atoms with Crippen LogP contribution in [0.4, 0.5) is 10.2 Å². The molecule has 2 N–H and O–H groups in total. The van der Waals surface area contributed by atoms with Crippen LogP contribution in [-0.2, 0) is 19.5 Å². The van der Waals surface area contributed by atoms with Gasteiger partial charge in [-0.15, -0.1) is 0 Å². The fourth-order valence-electron chi connectivity index (χ4n) is 4.51. The van der Waals surface area contributed by atoms with Crippen LogP contribution in [0, 0.1) is 24.2 Å². The molecule has 0 aliphatic carbocycles. The number of carbonyl (C=O) groups is 1. The third-order valence-corrected chi connectivity index (χ3v) is 6.40. The Hall–Kier alpha value is -5.30.